The van der Waals surface area contributed by atoms with E-state index in [1.165, 1.54) is 131 Å². The second-order valence-corrected chi connectivity index (χ2v) is 16.6. The molecule has 1 spiro atoms. The smallest absolute Gasteiger partial charge is 0.0619 e. The van der Waals surface area contributed by atoms with Gasteiger partial charge in [-0.1, -0.05) is 200 Å². The molecule has 2 aliphatic carbocycles. The van der Waals surface area contributed by atoms with E-state index in [1.54, 1.807) is 0 Å². The fraction of sp³-hybridized carbons (Fsp3) is 0.0169. The molecule has 0 radical (unpaired) electrons. The Bertz CT molecular complexity index is 3730. The molecule has 0 aliphatic heterocycles. The van der Waals surface area contributed by atoms with E-state index in [0.717, 1.165) is 0 Å². The summed E-state index contributed by atoms with van der Waals surface area (Å²) >= 11 is 0. The fourth-order valence-electron chi connectivity index (χ4n) is 11.8. The first kappa shape index (κ1) is 31.5. The van der Waals surface area contributed by atoms with Crippen LogP contribution in [-0.2, 0) is 5.41 Å². The molecule has 0 unspecified atom stereocenters. The van der Waals surface area contributed by atoms with Crippen molar-refractivity contribution in [1.29, 1.82) is 0 Å². The first-order valence-electron chi connectivity index (χ1n) is 20.8. The summed E-state index contributed by atoms with van der Waals surface area (Å²) in [5.41, 5.74) is 15.4. The summed E-state index contributed by atoms with van der Waals surface area (Å²) in [5, 5.41) is 15.7. The van der Waals surface area contributed by atoms with Crippen LogP contribution < -0.4 is 0 Å². The van der Waals surface area contributed by atoms with Crippen LogP contribution in [0.4, 0.5) is 0 Å². The van der Waals surface area contributed by atoms with Gasteiger partial charge in [0.15, 0.2) is 0 Å². The summed E-state index contributed by atoms with van der Waals surface area (Å²) in [4.78, 5) is 0. The van der Waals surface area contributed by atoms with Gasteiger partial charge in [0.2, 0.25) is 0 Å². The van der Waals surface area contributed by atoms with E-state index in [-0.39, 0.29) is 0 Å². The lowest BCUT2D eigenvalue weighted by Crippen LogP contribution is -2.26. The molecule has 0 saturated heterocycles. The zero-order valence-electron chi connectivity index (χ0n) is 32.1. The lowest BCUT2D eigenvalue weighted by molar-refractivity contribution is 0.803. The molecule has 2 aliphatic rings. The van der Waals surface area contributed by atoms with Crippen LogP contribution in [0.5, 0.6) is 0 Å². The number of fused-ring (bicyclic) bond motifs is 17. The van der Waals surface area contributed by atoms with Crippen molar-refractivity contribution < 1.29 is 0 Å². The topological polar surface area (TPSA) is 0 Å². The van der Waals surface area contributed by atoms with Crippen molar-refractivity contribution in [3.05, 3.63) is 229 Å². The maximum Gasteiger partial charge on any atom is 0.0732 e. The molecule has 0 N–H and O–H groups in total. The van der Waals surface area contributed by atoms with Crippen molar-refractivity contribution in [1.82, 2.24) is 0 Å². The summed E-state index contributed by atoms with van der Waals surface area (Å²) in [6.45, 7) is 0. The zero-order valence-corrected chi connectivity index (χ0v) is 32.1. The second kappa shape index (κ2) is 11.3. The lowest BCUT2D eigenvalue weighted by atomic mass is 9.68. The van der Waals surface area contributed by atoms with E-state index in [0.29, 0.717) is 0 Å². The zero-order chi connectivity index (χ0) is 38.4. The average Bonchev–Trinajstić information content (AvgIpc) is 3.79. The first-order valence-corrected chi connectivity index (χ1v) is 20.8. The molecule has 0 heterocycles. The van der Waals surface area contributed by atoms with Crippen LogP contribution in [-0.4, -0.2) is 0 Å². The van der Waals surface area contributed by atoms with Crippen LogP contribution >= 0.6 is 0 Å². The van der Waals surface area contributed by atoms with E-state index in [2.05, 4.69) is 206 Å². The molecule has 0 bridgehead atoms. The molecule has 0 nitrogen and oxygen atoms in total. The highest BCUT2D eigenvalue weighted by Gasteiger charge is 2.53. The monoisotopic (exact) mass is 742 g/mol. The maximum absolute atomic E-state index is 2.61. The standard InChI is InChI=1S/C59H34/c1-2-19-41(38(16-1)43-32-30-37-29-28-35-14-13-15-36-31-33-48(43)55(37)54(35)36)50-34-53-56(46-23-6-4-20-42(46)50)57-47-24-7-3-17-39(47)40-18-5-8-25-49(40)58(57)59(53)51-26-11-9-21-44(51)45-22-10-12-27-52(45)59/h1-34H. The van der Waals surface area contributed by atoms with Crippen molar-refractivity contribution in [2.75, 3.05) is 0 Å². The Morgan fingerprint density at radius 1 is 0.237 bits per heavy atom. The number of hydrogen-bond donors (Lipinski definition) is 0. The Morgan fingerprint density at radius 2 is 0.712 bits per heavy atom. The van der Waals surface area contributed by atoms with Crippen LogP contribution in [0.3, 0.4) is 0 Å². The minimum absolute atomic E-state index is 0.526. The van der Waals surface area contributed by atoms with Crippen molar-refractivity contribution >= 4 is 64.6 Å². The summed E-state index contributed by atoms with van der Waals surface area (Å²) in [7, 11) is 0. The third-order valence-electron chi connectivity index (χ3n) is 14.0. The highest BCUT2D eigenvalue weighted by molar-refractivity contribution is 6.27. The average molecular weight is 743 g/mol. The predicted molar refractivity (Wildman–Crippen MR) is 250 cm³/mol. The maximum atomic E-state index is 2.61. The van der Waals surface area contributed by atoms with Crippen molar-refractivity contribution in [2.24, 2.45) is 0 Å². The van der Waals surface area contributed by atoms with Gasteiger partial charge in [0, 0.05) is 0 Å². The largest absolute Gasteiger partial charge is 0.0732 e. The van der Waals surface area contributed by atoms with Crippen molar-refractivity contribution in [2.45, 2.75) is 5.41 Å². The molecular weight excluding hydrogens is 709 g/mol. The molecule has 0 amide bonds. The molecule has 59 heavy (non-hydrogen) atoms. The van der Waals surface area contributed by atoms with Gasteiger partial charge in [-0.15, -0.1) is 0 Å². The third kappa shape index (κ3) is 3.85. The van der Waals surface area contributed by atoms with E-state index < -0.39 is 5.41 Å². The predicted octanol–water partition coefficient (Wildman–Crippen LogP) is 15.7. The van der Waals surface area contributed by atoms with Crippen LogP contribution in [0.2, 0.25) is 0 Å². The minimum atomic E-state index is -0.526. The Labute approximate surface area is 341 Å². The Balaban J connectivity index is 1.16. The Kier molecular flexibility index (Phi) is 6.05. The molecule has 0 atom stereocenters. The Hall–Kier alpha value is -7.54. The molecule has 0 heteroatoms. The number of benzene rings is 12. The summed E-state index contributed by atoms with van der Waals surface area (Å²) in [6.07, 6.45) is 0. The van der Waals surface area contributed by atoms with Gasteiger partial charge in [-0.05, 0) is 137 Å². The van der Waals surface area contributed by atoms with Gasteiger partial charge in [0.25, 0.3) is 0 Å². The fourth-order valence-corrected chi connectivity index (χ4v) is 11.8. The van der Waals surface area contributed by atoms with E-state index >= 15 is 0 Å². The number of hydrogen-bond acceptors (Lipinski definition) is 0. The second-order valence-electron chi connectivity index (χ2n) is 16.6. The summed E-state index contributed by atoms with van der Waals surface area (Å²) < 4.78 is 0. The molecular formula is C59H34. The van der Waals surface area contributed by atoms with Gasteiger partial charge in [-0.25, -0.2) is 0 Å². The van der Waals surface area contributed by atoms with Crippen LogP contribution in [0.25, 0.3) is 109 Å². The van der Waals surface area contributed by atoms with Gasteiger partial charge < -0.3 is 0 Å². The Morgan fingerprint density at radius 3 is 1.39 bits per heavy atom. The molecule has 0 fully saturated rings. The van der Waals surface area contributed by atoms with Gasteiger partial charge in [-0.3, -0.25) is 0 Å². The van der Waals surface area contributed by atoms with Crippen molar-refractivity contribution in [3.8, 4) is 44.5 Å². The summed E-state index contributed by atoms with van der Waals surface area (Å²) in [6, 6.07) is 78.2. The highest BCUT2D eigenvalue weighted by atomic mass is 14.5. The van der Waals surface area contributed by atoms with Crippen LogP contribution in [0.1, 0.15) is 22.3 Å². The molecule has 14 rings (SSSR count). The van der Waals surface area contributed by atoms with Gasteiger partial charge in [0.05, 0.1) is 5.41 Å². The first-order chi connectivity index (χ1) is 29.3. The number of rotatable bonds is 2. The molecule has 0 aromatic heterocycles. The van der Waals surface area contributed by atoms with Crippen molar-refractivity contribution in [3.63, 3.8) is 0 Å². The van der Waals surface area contributed by atoms with Crippen LogP contribution in [0.15, 0.2) is 206 Å². The van der Waals surface area contributed by atoms with Crippen LogP contribution in [0, 0.1) is 0 Å². The van der Waals surface area contributed by atoms with Gasteiger partial charge in [-0.2, -0.15) is 0 Å². The lowest BCUT2D eigenvalue weighted by Gasteiger charge is -2.32. The summed E-state index contributed by atoms with van der Waals surface area (Å²) in [5.74, 6) is 0. The SMILES string of the molecule is c1ccc(-c2ccc3ccc4cccc5ccc2c3c45)c(-c2cc3c(c4ccccc24)-c2c(c4ccccc4c4ccccc24)C32c3ccccc3-c3ccccc32)c1. The molecule has 12 aromatic rings. The van der Waals surface area contributed by atoms with Gasteiger partial charge >= 0.3 is 0 Å². The van der Waals surface area contributed by atoms with E-state index in [9.17, 15) is 0 Å². The highest BCUT2D eigenvalue weighted by Crippen LogP contribution is 2.67. The molecule has 12 aromatic carbocycles. The van der Waals surface area contributed by atoms with E-state index in [4.69, 9.17) is 0 Å². The van der Waals surface area contributed by atoms with Gasteiger partial charge in [0.1, 0.15) is 0 Å². The van der Waals surface area contributed by atoms with E-state index in [1.807, 2.05) is 0 Å². The minimum Gasteiger partial charge on any atom is -0.0619 e. The quantitative estimate of drug-likeness (QED) is 0.155. The third-order valence-corrected chi connectivity index (χ3v) is 14.0. The molecule has 0 saturated carbocycles. The normalized spacial score (nSPS) is 13.6. The molecule has 270 valence electrons.